The van der Waals surface area contributed by atoms with Crippen molar-refractivity contribution in [2.75, 3.05) is 0 Å². The topological polar surface area (TPSA) is 58.9 Å². The van der Waals surface area contributed by atoms with Crippen molar-refractivity contribution in [2.45, 2.75) is 83.1 Å². The van der Waals surface area contributed by atoms with Gasteiger partial charge in [0.25, 0.3) is 0 Å². The zero-order chi connectivity index (χ0) is 21.3. The summed E-state index contributed by atoms with van der Waals surface area (Å²) in [7, 11) is 0. The number of allylic oxidation sites excluding steroid dienone is 2. The van der Waals surface area contributed by atoms with Crippen LogP contribution in [0.3, 0.4) is 0 Å². The van der Waals surface area contributed by atoms with Gasteiger partial charge in [0.05, 0.1) is 11.8 Å². The lowest BCUT2D eigenvalue weighted by molar-refractivity contribution is -0.141. The molecule has 0 aliphatic heterocycles. The van der Waals surface area contributed by atoms with Gasteiger partial charge in [0.2, 0.25) is 0 Å². The van der Waals surface area contributed by atoms with Gasteiger partial charge >= 0.3 is 5.97 Å². The van der Waals surface area contributed by atoms with Crippen LogP contribution in [0.25, 0.3) is 0 Å². The second kappa shape index (κ2) is 16.0. The Labute approximate surface area is 180 Å². The first kappa shape index (κ1) is 25.2. The predicted octanol–water partition coefficient (Wildman–Crippen LogP) is 6.66. The van der Waals surface area contributed by atoms with Gasteiger partial charge in [-0.2, -0.15) is 0 Å². The van der Waals surface area contributed by atoms with Gasteiger partial charge in [0.1, 0.15) is 0 Å². The lowest BCUT2D eigenvalue weighted by atomic mass is 10.0. The molecule has 29 heavy (non-hydrogen) atoms. The maximum atomic E-state index is 11.1. The summed E-state index contributed by atoms with van der Waals surface area (Å²) in [5.41, 5.74) is 0.540. The molecule has 4 nitrogen and oxygen atoms in total. The van der Waals surface area contributed by atoms with Crippen molar-refractivity contribution < 1.29 is 14.7 Å². The third kappa shape index (κ3) is 12.3. The highest BCUT2D eigenvalue weighted by Gasteiger charge is 2.13. The number of aliphatic hydroxyl groups excluding tert-OH is 1. The molecular weight excluding hydrogens is 382 g/mol. The summed E-state index contributed by atoms with van der Waals surface area (Å²) in [6, 6.07) is 10.2. The Morgan fingerprint density at radius 2 is 1.90 bits per heavy atom. The number of hydrogen-bond acceptors (Lipinski definition) is 5. The molecule has 0 aromatic heterocycles. The average molecular weight is 418 g/mol. The van der Waals surface area contributed by atoms with Crippen LogP contribution in [-0.2, 0) is 9.63 Å². The smallest absolute Gasteiger partial charge is 0.331 e. The standard InChI is InChI=1S/C24H35NO3S/c1-4-6-7-8-12-18-23(25-28-20(3)26)24(27)19-13-17-21(14-5-2)29-22-15-10-9-11-16-22/h9-11,13-17,24,27H,4-8,12,18-19H2,1-3H3/b17-13-,21-14+,25-23-. The molecule has 0 radical (unpaired) electrons. The molecule has 0 saturated carbocycles. The summed E-state index contributed by atoms with van der Waals surface area (Å²) in [6.07, 6.45) is 13.0. The van der Waals surface area contributed by atoms with Crippen LogP contribution in [0.15, 0.2) is 63.5 Å². The summed E-state index contributed by atoms with van der Waals surface area (Å²) < 4.78 is 0. The van der Waals surface area contributed by atoms with Crippen molar-refractivity contribution >= 4 is 23.4 Å². The normalized spacial score (nSPS) is 13.7. The van der Waals surface area contributed by atoms with E-state index in [1.54, 1.807) is 11.8 Å². The van der Waals surface area contributed by atoms with Crippen LogP contribution in [0.1, 0.15) is 72.1 Å². The molecule has 1 atom stereocenters. The molecule has 160 valence electrons. The van der Waals surface area contributed by atoms with E-state index in [0.717, 1.165) is 24.2 Å². The quantitative estimate of drug-likeness (QED) is 0.0918. The van der Waals surface area contributed by atoms with E-state index in [1.807, 2.05) is 30.4 Å². The molecule has 1 aromatic carbocycles. The van der Waals surface area contributed by atoms with Gasteiger partial charge in [-0.3, -0.25) is 0 Å². The molecule has 0 amide bonds. The molecule has 0 fully saturated rings. The average Bonchev–Trinajstić information content (AvgIpc) is 2.70. The molecule has 0 saturated heterocycles. The fraction of sp³-hybridized carbons (Fsp3) is 0.500. The van der Waals surface area contributed by atoms with Crippen molar-refractivity contribution in [1.82, 2.24) is 0 Å². The highest BCUT2D eigenvalue weighted by atomic mass is 32.2. The largest absolute Gasteiger partial charge is 0.387 e. The van der Waals surface area contributed by atoms with Gasteiger partial charge in [-0.1, -0.05) is 92.9 Å². The lowest BCUT2D eigenvalue weighted by Crippen LogP contribution is -2.20. The number of aliphatic hydroxyl groups is 1. The third-order valence-corrected chi connectivity index (χ3v) is 5.28. The minimum Gasteiger partial charge on any atom is -0.387 e. The molecule has 0 heterocycles. The summed E-state index contributed by atoms with van der Waals surface area (Å²) in [5.74, 6) is -0.469. The zero-order valence-electron chi connectivity index (χ0n) is 18.0. The van der Waals surface area contributed by atoms with Crippen molar-refractivity contribution in [3.63, 3.8) is 0 Å². The van der Waals surface area contributed by atoms with Crippen molar-refractivity contribution in [3.8, 4) is 0 Å². The van der Waals surface area contributed by atoms with E-state index in [9.17, 15) is 9.90 Å². The van der Waals surface area contributed by atoms with E-state index in [4.69, 9.17) is 4.84 Å². The SMILES string of the molecule is CC/C=C(\C=C/CC(O)/C(CCCCCCC)=N\OC(C)=O)Sc1ccccc1. The molecule has 0 aliphatic carbocycles. The number of hydrogen-bond donors (Lipinski definition) is 1. The first-order valence-electron chi connectivity index (χ1n) is 10.6. The summed E-state index contributed by atoms with van der Waals surface area (Å²) in [6.45, 7) is 5.61. The molecule has 0 bridgehead atoms. The highest BCUT2D eigenvalue weighted by Crippen LogP contribution is 2.27. The van der Waals surface area contributed by atoms with Crippen molar-refractivity contribution in [2.24, 2.45) is 5.16 Å². The second-order valence-corrected chi connectivity index (χ2v) is 8.06. The second-order valence-electron chi connectivity index (χ2n) is 6.91. The fourth-order valence-corrected chi connectivity index (χ4v) is 3.70. The first-order chi connectivity index (χ1) is 14.1. The van der Waals surface area contributed by atoms with Gasteiger partial charge in [-0.25, -0.2) is 4.79 Å². The number of oxime groups is 1. The Kier molecular flexibility index (Phi) is 13.9. The van der Waals surface area contributed by atoms with Crippen LogP contribution in [0.4, 0.5) is 0 Å². The first-order valence-corrected chi connectivity index (χ1v) is 11.4. The minimum absolute atomic E-state index is 0.436. The van der Waals surface area contributed by atoms with Crippen LogP contribution in [0.5, 0.6) is 0 Å². The maximum Gasteiger partial charge on any atom is 0.331 e. The molecule has 0 aliphatic rings. The number of carbonyl (C=O) groups is 1. The predicted molar refractivity (Wildman–Crippen MR) is 123 cm³/mol. The summed E-state index contributed by atoms with van der Waals surface area (Å²) in [5, 5.41) is 14.5. The Morgan fingerprint density at radius 3 is 2.55 bits per heavy atom. The van der Waals surface area contributed by atoms with Gasteiger partial charge in [-0.15, -0.1) is 0 Å². The van der Waals surface area contributed by atoms with Crippen molar-refractivity contribution in [1.29, 1.82) is 0 Å². The lowest BCUT2D eigenvalue weighted by Gasteiger charge is -2.11. The Bertz CT molecular complexity index is 668. The van der Waals surface area contributed by atoms with E-state index in [-0.39, 0.29) is 0 Å². The molecule has 0 spiro atoms. The molecule has 5 heteroatoms. The van der Waals surface area contributed by atoms with E-state index in [0.29, 0.717) is 18.6 Å². The monoisotopic (exact) mass is 417 g/mol. The molecule has 1 aromatic rings. The van der Waals surface area contributed by atoms with E-state index < -0.39 is 12.1 Å². The van der Waals surface area contributed by atoms with Crippen LogP contribution in [0, 0.1) is 0 Å². The fourth-order valence-electron chi connectivity index (χ4n) is 2.72. The van der Waals surface area contributed by atoms with E-state index in [2.05, 4.69) is 37.2 Å². The Balaban J connectivity index is 2.65. The van der Waals surface area contributed by atoms with E-state index in [1.165, 1.54) is 31.1 Å². The Hall–Kier alpha value is -1.85. The minimum atomic E-state index is -0.749. The number of carbonyl (C=O) groups excluding carboxylic acids is 1. The number of unbranched alkanes of at least 4 members (excludes halogenated alkanes) is 4. The summed E-state index contributed by atoms with van der Waals surface area (Å²) in [4.78, 5) is 18.2. The molecule has 1 N–H and O–H groups in total. The molecule has 1 unspecified atom stereocenters. The van der Waals surface area contributed by atoms with Gasteiger partial charge in [0, 0.05) is 16.7 Å². The highest BCUT2D eigenvalue weighted by molar-refractivity contribution is 8.03. The molecular formula is C24H35NO3S. The van der Waals surface area contributed by atoms with E-state index >= 15 is 0 Å². The van der Waals surface area contributed by atoms with Gasteiger partial charge in [0.15, 0.2) is 0 Å². The van der Waals surface area contributed by atoms with Gasteiger partial charge in [-0.05, 0) is 37.8 Å². The maximum absolute atomic E-state index is 11.1. The van der Waals surface area contributed by atoms with Gasteiger partial charge < -0.3 is 9.94 Å². The van der Waals surface area contributed by atoms with Crippen LogP contribution in [-0.4, -0.2) is 22.9 Å². The number of rotatable bonds is 14. The number of nitrogens with zero attached hydrogens (tertiary/aromatic N) is 1. The third-order valence-electron chi connectivity index (χ3n) is 4.24. The van der Waals surface area contributed by atoms with Crippen LogP contribution >= 0.6 is 11.8 Å². The zero-order valence-corrected chi connectivity index (χ0v) is 18.8. The number of benzene rings is 1. The van der Waals surface area contributed by atoms with Crippen LogP contribution in [0.2, 0.25) is 0 Å². The number of thioether (sulfide) groups is 1. The Morgan fingerprint density at radius 1 is 1.17 bits per heavy atom. The van der Waals surface area contributed by atoms with Crippen molar-refractivity contribution in [3.05, 3.63) is 53.5 Å². The summed E-state index contributed by atoms with van der Waals surface area (Å²) >= 11 is 1.70. The molecule has 1 rings (SSSR count). The van der Waals surface area contributed by atoms with Crippen LogP contribution < -0.4 is 0 Å².